The van der Waals surface area contributed by atoms with Crippen molar-refractivity contribution in [2.75, 3.05) is 18.8 Å². The van der Waals surface area contributed by atoms with Gasteiger partial charge in [-0.3, -0.25) is 4.79 Å². The summed E-state index contributed by atoms with van der Waals surface area (Å²) in [6.45, 7) is 3.72. The minimum atomic E-state index is 0.0485. The molecule has 1 unspecified atom stereocenters. The molecule has 4 heteroatoms. The number of carbonyl (C=O) groups excluding carboxylic acids is 1. The fourth-order valence-electron chi connectivity index (χ4n) is 3.22. The Balaban J connectivity index is 1.78. The lowest BCUT2D eigenvalue weighted by atomic mass is 9.88. The Hall–Kier alpha value is -2.36. The zero-order chi connectivity index (χ0) is 15.5. The van der Waals surface area contributed by atoms with Crippen LogP contribution in [0, 0.1) is 6.92 Å². The largest absolute Gasteiger partial charge is 0.384 e. The third kappa shape index (κ3) is 2.96. The van der Waals surface area contributed by atoms with Gasteiger partial charge in [-0.25, -0.2) is 4.98 Å². The normalized spacial score (nSPS) is 18.2. The van der Waals surface area contributed by atoms with E-state index in [1.54, 1.807) is 18.3 Å². The van der Waals surface area contributed by atoms with Gasteiger partial charge in [0.15, 0.2) is 0 Å². The van der Waals surface area contributed by atoms with Gasteiger partial charge in [0, 0.05) is 30.8 Å². The van der Waals surface area contributed by atoms with Gasteiger partial charge in [-0.15, -0.1) is 0 Å². The van der Waals surface area contributed by atoms with Crippen LogP contribution in [0.2, 0.25) is 0 Å². The third-order valence-corrected chi connectivity index (χ3v) is 4.36. The molecule has 1 atom stereocenters. The Labute approximate surface area is 131 Å². The van der Waals surface area contributed by atoms with Crippen LogP contribution in [0.25, 0.3) is 0 Å². The number of aromatic nitrogens is 1. The van der Waals surface area contributed by atoms with E-state index in [2.05, 4.69) is 36.2 Å². The summed E-state index contributed by atoms with van der Waals surface area (Å²) in [6.07, 6.45) is 3.75. The van der Waals surface area contributed by atoms with Crippen LogP contribution in [0.1, 0.15) is 40.2 Å². The van der Waals surface area contributed by atoms with Crippen LogP contribution in [0.15, 0.2) is 42.6 Å². The van der Waals surface area contributed by atoms with Crippen molar-refractivity contribution in [2.45, 2.75) is 25.7 Å². The first-order valence-corrected chi connectivity index (χ1v) is 7.71. The first-order valence-electron chi connectivity index (χ1n) is 7.71. The van der Waals surface area contributed by atoms with Gasteiger partial charge in [-0.05, 0) is 43.0 Å². The van der Waals surface area contributed by atoms with Crippen LogP contribution in [0.3, 0.4) is 0 Å². The number of piperidine rings is 1. The van der Waals surface area contributed by atoms with Crippen LogP contribution in [-0.2, 0) is 0 Å². The van der Waals surface area contributed by atoms with Crippen molar-refractivity contribution in [1.29, 1.82) is 0 Å². The summed E-state index contributed by atoms with van der Waals surface area (Å²) in [5.74, 6) is 0.851. The van der Waals surface area contributed by atoms with E-state index in [4.69, 9.17) is 5.73 Å². The topological polar surface area (TPSA) is 59.2 Å². The van der Waals surface area contributed by atoms with Crippen LogP contribution >= 0.6 is 0 Å². The van der Waals surface area contributed by atoms with E-state index in [1.165, 1.54) is 11.1 Å². The predicted molar refractivity (Wildman–Crippen MR) is 87.7 cm³/mol. The highest BCUT2D eigenvalue weighted by Crippen LogP contribution is 2.29. The monoisotopic (exact) mass is 295 g/mol. The van der Waals surface area contributed by atoms with E-state index >= 15 is 0 Å². The maximum absolute atomic E-state index is 12.7. The Morgan fingerprint density at radius 2 is 2.14 bits per heavy atom. The number of aryl methyl sites for hydroxylation is 1. The number of hydrogen-bond donors (Lipinski definition) is 1. The van der Waals surface area contributed by atoms with E-state index in [-0.39, 0.29) is 5.91 Å². The maximum atomic E-state index is 12.7. The van der Waals surface area contributed by atoms with E-state index in [0.29, 0.717) is 17.3 Å². The Morgan fingerprint density at radius 1 is 1.32 bits per heavy atom. The second-order valence-electron chi connectivity index (χ2n) is 5.92. The minimum absolute atomic E-state index is 0.0485. The highest BCUT2D eigenvalue weighted by Gasteiger charge is 2.26. The highest BCUT2D eigenvalue weighted by molar-refractivity contribution is 5.94. The van der Waals surface area contributed by atoms with Gasteiger partial charge in [0.1, 0.15) is 5.82 Å². The van der Waals surface area contributed by atoms with Crippen molar-refractivity contribution >= 4 is 11.7 Å². The molecule has 1 aliphatic rings. The molecule has 1 amide bonds. The zero-order valence-corrected chi connectivity index (χ0v) is 12.8. The predicted octanol–water partition coefficient (Wildman–Crippen LogP) is 2.99. The molecule has 1 aliphatic heterocycles. The summed E-state index contributed by atoms with van der Waals surface area (Å²) in [4.78, 5) is 18.5. The number of likely N-dealkylation sites (tertiary alicyclic amines) is 1. The average Bonchev–Trinajstić information content (AvgIpc) is 2.55. The quantitative estimate of drug-likeness (QED) is 0.926. The average molecular weight is 295 g/mol. The number of hydrogen-bond acceptors (Lipinski definition) is 3. The molecule has 4 nitrogen and oxygen atoms in total. The summed E-state index contributed by atoms with van der Waals surface area (Å²) in [7, 11) is 0. The summed E-state index contributed by atoms with van der Waals surface area (Å²) in [5.41, 5.74) is 8.96. The molecule has 2 heterocycles. The third-order valence-electron chi connectivity index (χ3n) is 4.36. The molecule has 1 fully saturated rings. The van der Waals surface area contributed by atoms with E-state index < -0.39 is 0 Å². The summed E-state index contributed by atoms with van der Waals surface area (Å²) in [6, 6.07) is 11.8. The molecule has 0 radical (unpaired) electrons. The molecule has 2 aromatic rings. The number of rotatable bonds is 2. The number of carbonyl (C=O) groups is 1. The fraction of sp³-hybridized carbons (Fsp3) is 0.333. The number of amides is 1. The molecule has 0 saturated carbocycles. The molecule has 3 rings (SSSR count). The van der Waals surface area contributed by atoms with Crippen molar-refractivity contribution in [3.63, 3.8) is 0 Å². The number of pyridine rings is 1. The van der Waals surface area contributed by atoms with E-state index in [9.17, 15) is 4.79 Å². The van der Waals surface area contributed by atoms with Gasteiger partial charge in [-0.2, -0.15) is 0 Å². The molecule has 1 aromatic carbocycles. The van der Waals surface area contributed by atoms with Gasteiger partial charge in [0.2, 0.25) is 0 Å². The number of anilines is 1. The van der Waals surface area contributed by atoms with Crippen molar-refractivity contribution in [3.8, 4) is 0 Å². The molecule has 1 saturated heterocycles. The molecule has 0 aliphatic carbocycles. The Morgan fingerprint density at radius 3 is 2.91 bits per heavy atom. The standard InChI is InChI=1S/C18H21N3O/c1-13-5-2-3-7-16(13)15-6-4-10-21(12-15)18(22)14-8-9-20-17(19)11-14/h2-3,5,7-9,11,15H,4,6,10,12H2,1H3,(H2,19,20). The summed E-state index contributed by atoms with van der Waals surface area (Å²) in [5, 5.41) is 0. The SMILES string of the molecule is Cc1ccccc1C1CCCN(C(=O)c2ccnc(N)c2)C1. The molecular weight excluding hydrogens is 274 g/mol. The van der Waals surface area contributed by atoms with Crippen molar-refractivity contribution in [2.24, 2.45) is 0 Å². The molecule has 2 N–H and O–H groups in total. The number of nitrogen functional groups attached to an aromatic ring is 1. The van der Waals surface area contributed by atoms with Crippen molar-refractivity contribution in [3.05, 3.63) is 59.3 Å². The van der Waals surface area contributed by atoms with Gasteiger partial charge < -0.3 is 10.6 Å². The van der Waals surface area contributed by atoms with Crippen LogP contribution in [0.4, 0.5) is 5.82 Å². The Bertz CT molecular complexity index is 684. The van der Waals surface area contributed by atoms with Gasteiger partial charge in [-0.1, -0.05) is 24.3 Å². The number of nitrogens with zero attached hydrogens (tertiary/aromatic N) is 2. The second kappa shape index (κ2) is 6.18. The number of nitrogens with two attached hydrogens (primary N) is 1. The molecule has 0 bridgehead atoms. The minimum Gasteiger partial charge on any atom is -0.384 e. The summed E-state index contributed by atoms with van der Waals surface area (Å²) >= 11 is 0. The van der Waals surface area contributed by atoms with E-state index in [0.717, 1.165) is 25.9 Å². The van der Waals surface area contributed by atoms with Gasteiger partial charge in [0.25, 0.3) is 5.91 Å². The lowest BCUT2D eigenvalue weighted by Crippen LogP contribution is -2.39. The molecule has 0 spiro atoms. The lowest BCUT2D eigenvalue weighted by Gasteiger charge is -2.33. The first-order chi connectivity index (χ1) is 10.6. The maximum Gasteiger partial charge on any atom is 0.254 e. The molecule has 1 aromatic heterocycles. The zero-order valence-electron chi connectivity index (χ0n) is 12.8. The van der Waals surface area contributed by atoms with Gasteiger partial charge >= 0.3 is 0 Å². The van der Waals surface area contributed by atoms with Crippen LogP contribution < -0.4 is 5.73 Å². The lowest BCUT2D eigenvalue weighted by molar-refractivity contribution is 0.0707. The highest BCUT2D eigenvalue weighted by atomic mass is 16.2. The van der Waals surface area contributed by atoms with Crippen LogP contribution in [0.5, 0.6) is 0 Å². The van der Waals surface area contributed by atoms with E-state index in [1.807, 2.05) is 4.90 Å². The first kappa shape index (κ1) is 14.6. The molecular formula is C18H21N3O. The molecule has 114 valence electrons. The van der Waals surface area contributed by atoms with Crippen molar-refractivity contribution < 1.29 is 4.79 Å². The van der Waals surface area contributed by atoms with Crippen molar-refractivity contribution in [1.82, 2.24) is 9.88 Å². The van der Waals surface area contributed by atoms with Crippen LogP contribution in [-0.4, -0.2) is 28.9 Å². The smallest absolute Gasteiger partial charge is 0.254 e. The molecule has 22 heavy (non-hydrogen) atoms. The fourth-order valence-corrected chi connectivity index (χ4v) is 3.22. The Kier molecular flexibility index (Phi) is 4.09. The van der Waals surface area contributed by atoms with Gasteiger partial charge in [0.05, 0.1) is 0 Å². The second-order valence-corrected chi connectivity index (χ2v) is 5.92. The summed E-state index contributed by atoms with van der Waals surface area (Å²) < 4.78 is 0. The number of benzene rings is 1.